The number of aromatic hydroxyl groups is 1. The number of amides is 1. The van der Waals surface area contributed by atoms with Crippen LogP contribution in [0.1, 0.15) is 15.9 Å². The molecule has 1 aromatic heterocycles. The minimum atomic E-state index is -0.923. The monoisotopic (exact) mass is 322 g/mol. The van der Waals surface area contributed by atoms with Gasteiger partial charge < -0.3 is 15.4 Å². The van der Waals surface area contributed by atoms with Crippen LogP contribution in [-0.4, -0.2) is 25.9 Å². The predicted molar refractivity (Wildman–Crippen MR) is 79.7 cm³/mol. The molecule has 0 radical (unpaired) electrons. The lowest BCUT2D eigenvalue weighted by Gasteiger charge is -2.08. The van der Waals surface area contributed by atoms with Gasteiger partial charge in [-0.3, -0.25) is 24.7 Å². The predicted octanol–water partition coefficient (Wildman–Crippen LogP) is 1.61. The van der Waals surface area contributed by atoms with E-state index in [0.29, 0.717) is 5.56 Å². The summed E-state index contributed by atoms with van der Waals surface area (Å²) in [5, 5.41) is 22.7. The molecule has 0 bridgehead atoms. The number of aromatic amines is 2. The zero-order valence-corrected chi connectivity index (χ0v) is 12.0. The number of rotatable bonds is 3. The number of nitrogens with one attached hydrogen (secondary N) is 3. The van der Waals surface area contributed by atoms with Gasteiger partial charge in [0.05, 0.1) is 10.6 Å². The fourth-order valence-corrected chi connectivity index (χ4v) is 1.92. The number of aromatic nitrogens is 2. The van der Waals surface area contributed by atoms with Gasteiger partial charge in [0.1, 0.15) is 0 Å². The minimum absolute atomic E-state index is 0.134. The molecule has 114 valence electrons. The summed E-state index contributed by atoms with van der Waals surface area (Å²) in [5.74, 6) is -1.61. The van der Waals surface area contributed by atoms with Crippen LogP contribution in [0.15, 0.2) is 23.0 Å². The normalized spacial score (nSPS) is 10.2. The van der Waals surface area contributed by atoms with E-state index in [0.717, 1.165) is 6.07 Å². The first-order valence-corrected chi connectivity index (χ1v) is 6.32. The number of benzene rings is 1. The van der Waals surface area contributed by atoms with Crippen molar-refractivity contribution in [2.75, 3.05) is 5.32 Å². The number of carbonyl (C=O) groups is 1. The SMILES string of the molecule is Cc1ccc([N+](=O)[O-])cc1NC(=O)c1c(O)[nH]c(=S)[nH]c1=O. The number of hydrogen-bond acceptors (Lipinski definition) is 6. The smallest absolute Gasteiger partial charge is 0.271 e. The third-order valence-electron chi connectivity index (χ3n) is 2.83. The van der Waals surface area contributed by atoms with Crippen molar-refractivity contribution in [1.82, 2.24) is 9.97 Å². The zero-order valence-electron chi connectivity index (χ0n) is 11.2. The Labute approximate surface area is 127 Å². The molecule has 0 aliphatic carbocycles. The highest BCUT2D eigenvalue weighted by atomic mass is 32.1. The van der Waals surface area contributed by atoms with Gasteiger partial charge in [-0.05, 0) is 24.7 Å². The van der Waals surface area contributed by atoms with Crippen LogP contribution in [0.3, 0.4) is 0 Å². The number of anilines is 1. The van der Waals surface area contributed by atoms with Crippen molar-refractivity contribution in [3.63, 3.8) is 0 Å². The van der Waals surface area contributed by atoms with Crippen molar-refractivity contribution >= 4 is 29.5 Å². The van der Waals surface area contributed by atoms with E-state index in [9.17, 15) is 24.8 Å². The van der Waals surface area contributed by atoms with Crippen LogP contribution >= 0.6 is 12.2 Å². The van der Waals surface area contributed by atoms with Gasteiger partial charge in [-0.15, -0.1) is 0 Å². The summed E-state index contributed by atoms with van der Waals surface area (Å²) >= 11 is 4.65. The second kappa shape index (κ2) is 5.77. The molecule has 0 unspecified atom stereocenters. The highest BCUT2D eigenvalue weighted by Gasteiger charge is 2.19. The Balaban J connectivity index is 2.42. The summed E-state index contributed by atoms with van der Waals surface area (Å²) in [5.41, 5.74) is -0.952. The highest BCUT2D eigenvalue weighted by molar-refractivity contribution is 7.71. The lowest BCUT2D eigenvalue weighted by atomic mass is 10.1. The number of aryl methyl sites for hydroxylation is 1. The Morgan fingerprint density at radius 1 is 1.41 bits per heavy atom. The Hall–Kier alpha value is -3.01. The van der Waals surface area contributed by atoms with Crippen molar-refractivity contribution < 1.29 is 14.8 Å². The van der Waals surface area contributed by atoms with Crippen LogP contribution in [0, 0.1) is 21.8 Å². The molecule has 2 aromatic rings. The molecule has 0 saturated heterocycles. The molecule has 0 spiro atoms. The highest BCUT2D eigenvalue weighted by Crippen LogP contribution is 2.22. The van der Waals surface area contributed by atoms with Crippen molar-refractivity contribution in [2.45, 2.75) is 6.92 Å². The van der Waals surface area contributed by atoms with Gasteiger partial charge in [0.15, 0.2) is 10.3 Å². The standard InChI is InChI=1S/C12H10N4O5S/c1-5-2-3-6(16(20)21)4-7(5)13-9(17)8-10(18)14-12(22)15-11(8)19/h2-4H,1H3,(H,13,17)(H3,14,15,18,19,22). The van der Waals surface area contributed by atoms with E-state index in [1.165, 1.54) is 12.1 Å². The van der Waals surface area contributed by atoms with Crippen LogP contribution in [0.5, 0.6) is 5.88 Å². The molecule has 0 saturated carbocycles. The van der Waals surface area contributed by atoms with E-state index >= 15 is 0 Å². The van der Waals surface area contributed by atoms with Crippen molar-refractivity contribution in [2.24, 2.45) is 0 Å². The van der Waals surface area contributed by atoms with Gasteiger partial charge in [-0.1, -0.05) is 6.07 Å². The van der Waals surface area contributed by atoms with Crippen molar-refractivity contribution in [3.05, 3.63) is 54.6 Å². The second-order valence-corrected chi connectivity index (χ2v) is 4.75. The third-order valence-corrected chi connectivity index (χ3v) is 3.03. The summed E-state index contributed by atoms with van der Waals surface area (Å²) < 4.78 is -0.134. The molecule has 22 heavy (non-hydrogen) atoms. The fraction of sp³-hybridized carbons (Fsp3) is 0.0833. The largest absolute Gasteiger partial charge is 0.494 e. The van der Waals surface area contributed by atoms with E-state index in [1.807, 2.05) is 0 Å². The molecule has 0 atom stereocenters. The number of non-ortho nitro benzene ring substituents is 1. The maximum atomic E-state index is 12.1. The Kier molecular flexibility index (Phi) is 4.04. The quantitative estimate of drug-likeness (QED) is 0.384. The molecule has 0 fully saturated rings. The zero-order chi connectivity index (χ0) is 16.4. The molecule has 1 heterocycles. The molecule has 1 aromatic carbocycles. The Bertz CT molecular complexity index is 886. The lowest BCUT2D eigenvalue weighted by Crippen LogP contribution is -2.24. The maximum Gasteiger partial charge on any atom is 0.271 e. The van der Waals surface area contributed by atoms with Crippen LogP contribution in [0.4, 0.5) is 11.4 Å². The van der Waals surface area contributed by atoms with Gasteiger partial charge in [0.2, 0.25) is 5.88 Å². The first kappa shape index (κ1) is 15.4. The van der Waals surface area contributed by atoms with Gasteiger partial charge in [-0.25, -0.2) is 0 Å². The molecule has 0 aliphatic heterocycles. The first-order chi connectivity index (χ1) is 10.3. The summed E-state index contributed by atoms with van der Waals surface area (Å²) in [6.07, 6.45) is 0. The van der Waals surface area contributed by atoms with Crippen molar-refractivity contribution in [3.8, 4) is 5.88 Å². The van der Waals surface area contributed by atoms with Crippen LogP contribution in [0.25, 0.3) is 0 Å². The third kappa shape index (κ3) is 3.01. The summed E-state index contributed by atoms with van der Waals surface area (Å²) in [7, 11) is 0. The van der Waals surface area contributed by atoms with E-state index in [4.69, 9.17) is 0 Å². The number of carbonyl (C=O) groups excluding carboxylic acids is 1. The molecule has 2 rings (SSSR count). The van der Waals surface area contributed by atoms with Crippen molar-refractivity contribution in [1.29, 1.82) is 0 Å². The molecule has 4 N–H and O–H groups in total. The van der Waals surface area contributed by atoms with Crippen LogP contribution < -0.4 is 10.9 Å². The average Bonchev–Trinajstić information content (AvgIpc) is 2.39. The van der Waals surface area contributed by atoms with Gasteiger partial charge in [0.25, 0.3) is 17.2 Å². The molecular weight excluding hydrogens is 312 g/mol. The first-order valence-electron chi connectivity index (χ1n) is 5.91. The van der Waals surface area contributed by atoms with Gasteiger partial charge in [0, 0.05) is 12.1 Å². The van der Waals surface area contributed by atoms with E-state index in [-0.39, 0.29) is 16.1 Å². The van der Waals surface area contributed by atoms with Gasteiger partial charge in [-0.2, -0.15) is 0 Å². The van der Waals surface area contributed by atoms with E-state index in [2.05, 4.69) is 27.5 Å². The summed E-state index contributed by atoms with van der Waals surface area (Å²) in [6, 6.07) is 3.90. The Morgan fingerprint density at radius 2 is 2.09 bits per heavy atom. The van der Waals surface area contributed by atoms with Crippen LogP contribution in [-0.2, 0) is 0 Å². The topological polar surface area (TPSA) is 141 Å². The summed E-state index contributed by atoms with van der Waals surface area (Å²) in [4.78, 5) is 38.3. The minimum Gasteiger partial charge on any atom is -0.494 e. The number of nitro groups is 1. The maximum absolute atomic E-state index is 12.1. The number of nitro benzene ring substituents is 1. The molecule has 10 heteroatoms. The van der Waals surface area contributed by atoms with E-state index < -0.39 is 27.8 Å². The second-order valence-electron chi connectivity index (χ2n) is 4.34. The molecule has 9 nitrogen and oxygen atoms in total. The fourth-order valence-electron chi connectivity index (χ4n) is 1.73. The van der Waals surface area contributed by atoms with Gasteiger partial charge >= 0.3 is 0 Å². The van der Waals surface area contributed by atoms with Crippen LogP contribution in [0.2, 0.25) is 0 Å². The van der Waals surface area contributed by atoms with E-state index in [1.54, 1.807) is 6.92 Å². The molecule has 1 amide bonds. The number of hydrogen-bond donors (Lipinski definition) is 4. The lowest BCUT2D eigenvalue weighted by molar-refractivity contribution is -0.384. The molecular formula is C12H10N4O5S. The summed E-state index contributed by atoms with van der Waals surface area (Å²) in [6.45, 7) is 1.63. The Morgan fingerprint density at radius 3 is 2.68 bits per heavy atom. The number of nitrogens with zero attached hydrogens (tertiary/aromatic N) is 1. The number of H-pyrrole nitrogens is 2. The average molecular weight is 322 g/mol. The molecule has 0 aliphatic rings.